The number of aromatic nitrogens is 1. The molecule has 0 unspecified atom stereocenters. The van der Waals surface area contributed by atoms with Gasteiger partial charge in [-0.1, -0.05) is 136 Å². The van der Waals surface area contributed by atoms with Crippen LogP contribution in [0.1, 0.15) is 69.6 Å². The Hall–Kier alpha value is -5.79. The highest BCUT2D eigenvalue weighted by Gasteiger charge is 2.61. The molecule has 7 aromatic carbocycles. The van der Waals surface area contributed by atoms with E-state index in [0.717, 1.165) is 23.7 Å². The summed E-state index contributed by atoms with van der Waals surface area (Å²) in [4.78, 5) is 4.33. The molecule has 0 aliphatic heterocycles. The van der Waals surface area contributed by atoms with E-state index in [-0.39, 0.29) is 10.8 Å². The fourth-order valence-corrected chi connectivity index (χ4v) is 12.8. The van der Waals surface area contributed by atoms with E-state index in [1.54, 1.807) is 11.1 Å². The predicted molar refractivity (Wildman–Crippen MR) is 243 cm³/mol. The third-order valence-corrected chi connectivity index (χ3v) is 15.1. The van der Waals surface area contributed by atoms with Crippen LogP contribution in [0.4, 0.5) is 0 Å². The van der Waals surface area contributed by atoms with Gasteiger partial charge in [-0.15, -0.1) is 0 Å². The van der Waals surface area contributed by atoms with Crippen LogP contribution in [0.3, 0.4) is 0 Å². The molecule has 4 saturated carbocycles. The van der Waals surface area contributed by atoms with E-state index in [2.05, 4.69) is 171 Å². The molecule has 1 heteroatoms. The van der Waals surface area contributed by atoms with Gasteiger partial charge in [-0.3, -0.25) is 4.98 Å². The lowest BCUT2D eigenvalue weighted by Crippen LogP contribution is -2.55. The molecule has 282 valence electrons. The molecule has 4 fully saturated rings. The zero-order valence-corrected chi connectivity index (χ0v) is 33.8. The second-order valence-electron chi connectivity index (χ2n) is 19.2. The molecule has 8 aromatic rings. The van der Waals surface area contributed by atoms with Crippen molar-refractivity contribution in [3.8, 4) is 55.6 Å². The highest BCUT2D eigenvalue weighted by molar-refractivity contribution is 6.21. The van der Waals surface area contributed by atoms with E-state index >= 15 is 0 Å². The molecule has 5 aliphatic rings. The van der Waals surface area contributed by atoms with Crippen LogP contribution in [0, 0.1) is 23.7 Å². The van der Waals surface area contributed by atoms with Crippen LogP contribution in [0.15, 0.2) is 158 Å². The minimum Gasteiger partial charge on any atom is -0.265 e. The molecule has 1 nitrogen and oxygen atoms in total. The lowest BCUT2D eigenvalue weighted by Gasteiger charge is -2.61. The van der Waals surface area contributed by atoms with Gasteiger partial charge in [0.25, 0.3) is 0 Å². The van der Waals surface area contributed by atoms with E-state index in [1.807, 2.05) is 12.4 Å². The average Bonchev–Trinajstić information content (AvgIpc) is 3.54. The lowest BCUT2D eigenvalue weighted by molar-refractivity contribution is -0.0399. The van der Waals surface area contributed by atoms with E-state index in [4.69, 9.17) is 0 Å². The number of rotatable bonds is 4. The topological polar surface area (TPSA) is 12.9 Å². The lowest BCUT2D eigenvalue weighted by atomic mass is 9.43. The van der Waals surface area contributed by atoms with Crippen LogP contribution in [0.5, 0.6) is 0 Å². The van der Waals surface area contributed by atoms with Gasteiger partial charge < -0.3 is 0 Å². The van der Waals surface area contributed by atoms with Crippen molar-refractivity contribution in [3.05, 3.63) is 175 Å². The summed E-state index contributed by atoms with van der Waals surface area (Å²) in [6, 6.07) is 55.7. The second-order valence-corrected chi connectivity index (χ2v) is 19.2. The van der Waals surface area contributed by atoms with Gasteiger partial charge in [-0.05, 0) is 185 Å². The number of hydrogen-bond donors (Lipinski definition) is 0. The summed E-state index contributed by atoms with van der Waals surface area (Å²) >= 11 is 0. The van der Waals surface area contributed by atoms with Crippen LogP contribution in [0.25, 0.3) is 77.2 Å². The highest BCUT2D eigenvalue weighted by Crippen LogP contribution is 2.69. The number of nitrogens with zero attached hydrogens (tertiary/aromatic N) is 1. The van der Waals surface area contributed by atoms with Crippen LogP contribution in [0.2, 0.25) is 0 Å². The summed E-state index contributed by atoms with van der Waals surface area (Å²) in [6.45, 7) is 7.14. The Morgan fingerprint density at radius 1 is 0.431 bits per heavy atom. The minimum absolute atomic E-state index is 0.129. The van der Waals surface area contributed by atoms with Crippen molar-refractivity contribution in [1.82, 2.24) is 4.98 Å². The number of fused-ring (bicyclic) bond motifs is 5. The van der Waals surface area contributed by atoms with Gasteiger partial charge in [0.2, 0.25) is 0 Å². The van der Waals surface area contributed by atoms with Crippen LogP contribution in [-0.2, 0) is 10.8 Å². The van der Waals surface area contributed by atoms with Gasteiger partial charge in [0, 0.05) is 17.8 Å². The van der Waals surface area contributed by atoms with Crippen molar-refractivity contribution >= 4 is 21.5 Å². The van der Waals surface area contributed by atoms with E-state index in [0.29, 0.717) is 0 Å². The summed E-state index contributed by atoms with van der Waals surface area (Å²) in [5, 5.41) is 5.06. The SMILES string of the molecule is CC(C)(C)c1ccc2c(c1)C1(c3ccc(-c4cccc(-c5cccc(-c6c7ccccc7c(-c7ccncc7)c7ccccc67)c5)c4)cc3-2)C2CC3CC(C2)CC1C3. The van der Waals surface area contributed by atoms with Crippen LogP contribution < -0.4 is 0 Å². The molecule has 0 radical (unpaired) electrons. The first-order valence-electron chi connectivity index (χ1n) is 21.7. The Labute approximate surface area is 342 Å². The molecule has 0 saturated heterocycles. The first-order chi connectivity index (χ1) is 28.3. The Bertz CT molecular complexity index is 2860. The third-order valence-electron chi connectivity index (χ3n) is 15.1. The molecule has 4 bridgehead atoms. The largest absolute Gasteiger partial charge is 0.265 e. The Balaban J connectivity index is 0.972. The van der Waals surface area contributed by atoms with Gasteiger partial charge in [-0.25, -0.2) is 0 Å². The van der Waals surface area contributed by atoms with Gasteiger partial charge in [0.15, 0.2) is 0 Å². The van der Waals surface area contributed by atoms with Gasteiger partial charge in [0.05, 0.1) is 0 Å². The molecule has 1 aromatic heterocycles. The number of pyridine rings is 1. The maximum atomic E-state index is 4.33. The highest BCUT2D eigenvalue weighted by atomic mass is 14.6. The zero-order chi connectivity index (χ0) is 38.8. The fourth-order valence-electron chi connectivity index (χ4n) is 12.8. The summed E-state index contributed by atoms with van der Waals surface area (Å²) in [5.41, 5.74) is 18.1. The molecule has 0 amide bonds. The van der Waals surface area contributed by atoms with Crippen molar-refractivity contribution in [3.63, 3.8) is 0 Å². The van der Waals surface area contributed by atoms with Gasteiger partial charge in [0.1, 0.15) is 0 Å². The van der Waals surface area contributed by atoms with Crippen molar-refractivity contribution in [2.75, 3.05) is 0 Å². The second kappa shape index (κ2) is 12.6. The Morgan fingerprint density at radius 2 is 0.948 bits per heavy atom. The number of benzene rings is 7. The maximum Gasteiger partial charge on any atom is 0.0273 e. The molecular weight excluding hydrogens is 699 g/mol. The van der Waals surface area contributed by atoms with E-state index < -0.39 is 0 Å². The molecule has 0 atom stereocenters. The van der Waals surface area contributed by atoms with Crippen molar-refractivity contribution in [2.45, 2.75) is 63.7 Å². The molecule has 1 heterocycles. The van der Waals surface area contributed by atoms with E-state index in [1.165, 1.54) is 115 Å². The molecule has 13 rings (SSSR count). The molecule has 58 heavy (non-hydrogen) atoms. The van der Waals surface area contributed by atoms with Crippen molar-refractivity contribution in [2.24, 2.45) is 23.7 Å². The molecule has 5 aliphatic carbocycles. The summed E-state index contributed by atoms with van der Waals surface area (Å²) < 4.78 is 0. The standard InChI is InChI=1S/C57H49N/c1-56(2,3)43-19-20-46-51-33-41(18-21-52(51)57(53(46)34-43)44-27-35-26-36(29-44)30-45(57)28-35)39-11-8-10-38(31-39)40-12-9-13-42(32-40)55-49-16-6-4-14-47(49)54(37-22-24-58-25-23-37)48-15-5-7-17-50(48)55/h4-25,31-36,44-45H,26-30H2,1-3H3. The van der Waals surface area contributed by atoms with Crippen molar-refractivity contribution < 1.29 is 0 Å². The molecule has 1 spiro atoms. The average molecular weight is 748 g/mol. The van der Waals surface area contributed by atoms with Gasteiger partial charge in [-0.2, -0.15) is 0 Å². The number of hydrogen-bond acceptors (Lipinski definition) is 1. The first-order valence-corrected chi connectivity index (χ1v) is 21.7. The van der Waals surface area contributed by atoms with Crippen LogP contribution in [-0.4, -0.2) is 4.98 Å². The zero-order valence-electron chi connectivity index (χ0n) is 33.8. The quantitative estimate of drug-likeness (QED) is 0.163. The first kappa shape index (κ1) is 34.3. The monoisotopic (exact) mass is 747 g/mol. The van der Waals surface area contributed by atoms with Crippen LogP contribution >= 0.6 is 0 Å². The minimum atomic E-state index is 0.129. The summed E-state index contributed by atoms with van der Waals surface area (Å²) in [6.07, 6.45) is 10.9. The Morgan fingerprint density at radius 3 is 1.52 bits per heavy atom. The summed E-state index contributed by atoms with van der Waals surface area (Å²) in [5.74, 6) is 3.41. The maximum absolute atomic E-state index is 4.33. The summed E-state index contributed by atoms with van der Waals surface area (Å²) in [7, 11) is 0. The predicted octanol–water partition coefficient (Wildman–Crippen LogP) is 15.1. The van der Waals surface area contributed by atoms with Gasteiger partial charge >= 0.3 is 0 Å². The molecular formula is C57H49N. The normalized spacial score (nSPS) is 22.8. The third kappa shape index (κ3) is 4.98. The van der Waals surface area contributed by atoms with Crippen molar-refractivity contribution in [1.29, 1.82) is 0 Å². The molecule has 0 N–H and O–H groups in total. The Kier molecular flexibility index (Phi) is 7.45. The fraction of sp³-hybridized carbons (Fsp3) is 0.246. The smallest absolute Gasteiger partial charge is 0.0273 e. The van der Waals surface area contributed by atoms with E-state index in [9.17, 15) is 0 Å².